The van der Waals surface area contributed by atoms with Crippen LogP contribution in [0.1, 0.15) is 25.8 Å². The fourth-order valence-corrected chi connectivity index (χ4v) is 2.97. The molecule has 0 aromatic heterocycles. The van der Waals surface area contributed by atoms with E-state index in [1.165, 1.54) is 0 Å². The molecule has 1 heterocycles. The standard InChI is InChI=1S/C16H24N2O2S/c1-11(2)6-7-20-15-8-13(5-4-12(15)3)18-16(19)14-9-21-10-17-14/h4-5,8,11,14,17H,6-7,9-10H2,1-3H3,(H,18,19). The predicted octanol–water partition coefficient (Wildman–Crippen LogP) is 3.02. The van der Waals surface area contributed by atoms with Gasteiger partial charge in [-0.15, -0.1) is 11.8 Å². The van der Waals surface area contributed by atoms with Gasteiger partial charge in [-0.3, -0.25) is 10.1 Å². The second-order valence-corrected chi connectivity index (χ2v) is 6.80. The summed E-state index contributed by atoms with van der Waals surface area (Å²) in [5.74, 6) is 3.17. The second-order valence-electron chi connectivity index (χ2n) is 5.77. The van der Waals surface area contributed by atoms with Crippen LogP contribution in [0.25, 0.3) is 0 Å². The van der Waals surface area contributed by atoms with Crippen molar-refractivity contribution in [3.63, 3.8) is 0 Å². The third kappa shape index (κ3) is 4.93. The van der Waals surface area contributed by atoms with Crippen LogP contribution in [0, 0.1) is 12.8 Å². The van der Waals surface area contributed by atoms with E-state index in [-0.39, 0.29) is 11.9 Å². The van der Waals surface area contributed by atoms with Crippen LogP contribution in [0.5, 0.6) is 5.75 Å². The average Bonchev–Trinajstić information content (AvgIpc) is 2.96. The lowest BCUT2D eigenvalue weighted by molar-refractivity contribution is -0.117. The lowest BCUT2D eigenvalue weighted by Gasteiger charge is -2.14. The second kappa shape index (κ2) is 7.71. The molecule has 1 aliphatic rings. The van der Waals surface area contributed by atoms with Crippen molar-refractivity contribution in [2.45, 2.75) is 33.2 Å². The van der Waals surface area contributed by atoms with Gasteiger partial charge in [0.25, 0.3) is 0 Å². The molecule has 5 heteroatoms. The summed E-state index contributed by atoms with van der Waals surface area (Å²) >= 11 is 1.74. The Labute approximate surface area is 131 Å². The number of rotatable bonds is 6. The van der Waals surface area contributed by atoms with Crippen LogP contribution in [0.3, 0.4) is 0 Å². The maximum atomic E-state index is 12.1. The maximum absolute atomic E-state index is 12.1. The molecule has 1 unspecified atom stereocenters. The Morgan fingerprint density at radius 1 is 1.52 bits per heavy atom. The molecule has 21 heavy (non-hydrogen) atoms. The summed E-state index contributed by atoms with van der Waals surface area (Å²) < 4.78 is 5.82. The summed E-state index contributed by atoms with van der Waals surface area (Å²) in [7, 11) is 0. The molecule has 1 aromatic carbocycles. The third-order valence-corrected chi connectivity index (χ3v) is 4.38. The molecule has 0 bridgehead atoms. The van der Waals surface area contributed by atoms with E-state index < -0.39 is 0 Å². The molecule has 1 saturated heterocycles. The van der Waals surface area contributed by atoms with Gasteiger partial charge in [0.1, 0.15) is 5.75 Å². The summed E-state index contributed by atoms with van der Waals surface area (Å²) in [5.41, 5.74) is 1.88. The number of carbonyl (C=O) groups is 1. The van der Waals surface area contributed by atoms with Gasteiger partial charge in [0.15, 0.2) is 0 Å². The number of amides is 1. The van der Waals surface area contributed by atoms with Gasteiger partial charge in [0.2, 0.25) is 5.91 Å². The van der Waals surface area contributed by atoms with Gasteiger partial charge in [-0.1, -0.05) is 19.9 Å². The summed E-state index contributed by atoms with van der Waals surface area (Å²) in [6.45, 7) is 7.08. The molecule has 1 amide bonds. The van der Waals surface area contributed by atoms with E-state index in [1.807, 2.05) is 25.1 Å². The average molecular weight is 308 g/mol. The summed E-state index contributed by atoms with van der Waals surface area (Å²) in [4.78, 5) is 12.1. The van der Waals surface area contributed by atoms with Crippen LogP contribution in [-0.2, 0) is 4.79 Å². The van der Waals surface area contributed by atoms with Crippen LogP contribution in [0.15, 0.2) is 18.2 Å². The molecule has 1 fully saturated rings. The molecular formula is C16H24N2O2S. The van der Waals surface area contributed by atoms with E-state index in [0.29, 0.717) is 12.5 Å². The molecule has 116 valence electrons. The van der Waals surface area contributed by atoms with Crippen molar-refractivity contribution in [2.75, 3.05) is 23.6 Å². The van der Waals surface area contributed by atoms with Crippen LogP contribution < -0.4 is 15.4 Å². The van der Waals surface area contributed by atoms with E-state index in [0.717, 1.165) is 35.1 Å². The number of carbonyl (C=O) groups excluding carboxylic acids is 1. The highest BCUT2D eigenvalue weighted by atomic mass is 32.2. The number of ether oxygens (including phenoxy) is 1. The highest BCUT2D eigenvalue weighted by molar-refractivity contribution is 7.99. The Balaban J connectivity index is 1.95. The topological polar surface area (TPSA) is 50.4 Å². The Morgan fingerprint density at radius 2 is 2.33 bits per heavy atom. The van der Waals surface area contributed by atoms with E-state index in [1.54, 1.807) is 11.8 Å². The number of hydrogen-bond acceptors (Lipinski definition) is 4. The molecular weight excluding hydrogens is 284 g/mol. The highest BCUT2D eigenvalue weighted by Gasteiger charge is 2.22. The van der Waals surface area contributed by atoms with Gasteiger partial charge >= 0.3 is 0 Å². The number of benzene rings is 1. The quantitative estimate of drug-likeness (QED) is 0.848. The molecule has 0 saturated carbocycles. The van der Waals surface area contributed by atoms with Gasteiger partial charge in [-0.25, -0.2) is 0 Å². The highest BCUT2D eigenvalue weighted by Crippen LogP contribution is 2.23. The fraction of sp³-hybridized carbons (Fsp3) is 0.562. The first-order valence-corrected chi connectivity index (χ1v) is 8.57. The number of thioether (sulfide) groups is 1. The van der Waals surface area contributed by atoms with Crippen LogP contribution in [-0.4, -0.2) is 30.2 Å². The molecule has 1 aromatic rings. The van der Waals surface area contributed by atoms with Crippen molar-refractivity contribution in [3.05, 3.63) is 23.8 Å². The Morgan fingerprint density at radius 3 is 3.00 bits per heavy atom. The number of hydrogen-bond donors (Lipinski definition) is 2. The Hall–Kier alpha value is -1.20. The SMILES string of the molecule is Cc1ccc(NC(=O)C2CSCN2)cc1OCCC(C)C. The molecule has 1 aliphatic heterocycles. The van der Waals surface area contributed by atoms with Crippen molar-refractivity contribution in [1.29, 1.82) is 0 Å². The third-order valence-electron chi connectivity index (χ3n) is 3.44. The lowest BCUT2D eigenvalue weighted by Crippen LogP contribution is -2.37. The predicted molar refractivity (Wildman–Crippen MR) is 89.0 cm³/mol. The Kier molecular flexibility index (Phi) is 5.94. The minimum Gasteiger partial charge on any atom is -0.493 e. The van der Waals surface area contributed by atoms with Gasteiger partial charge < -0.3 is 10.1 Å². The number of aryl methyl sites for hydroxylation is 1. The van der Waals surface area contributed by atoms with Gasteiger partial charge in [0, 0.05) is 23.4 Å². The molecule has 0 aliphatic carbocycles. The van der Waals surface area contributed by atoms with E-state index in [4.69, 9.17) is 4.74 Å². The molecule has 1 atom stereocenters. The lowest BCUT2D eigenvalue weighted by atomic mass is 10.1. The zero-order valence-electron chi connectivity index (χ0n) is 12.9. The van der Waals surface area contributed by atoms with Crippen molar-refractivity contribution in [2.24, 2.45) is 5.92 Å². The first-order chi connectivity index (χ1) is 10.1. The van der Waals surface area contributed by atoms with Crippen molar-refractivity contribution in [1.82, 2.24) is 5.32 Å². The van der Waals surface area contributed by atoms with Gasteiger partial charge in [0.05, 0.1) is 12.6 Å². The number of nitrogens with one attached hydrogen (secondary N) is 2. The summed E-state index contributed by atoms with van der Waals surface area (Å²) in [6, 6.07) is 5.72. The van der Waals surface area contributed by atoms with Crippen LogP contribution in [0.2, 0.25) is 0 Å². The molecule has 2 N–H and O–H groups in total. The van der Waals surface area contributed by atoms with Crippen molar-refractivity contribution >= 4 is 23.4 Å². The minimum absolute atomic E-state index is 0.0250. The van der Waals surface area contributed by atoms with Crippen LogP contribution >= 0.6 is 11.8 Å². The molecule has 4 nitrogen and oxygen atoms in total. The monoisotopic (exact) mass is 308 g/mol. The Bertz CT molecular complexity index is 485. The van der Waals surface area contributed by atoms with Gasteiger partial charge in [-0.05, 0) is 30.9 Å². The fourth-order valence-electron chi connectivity index (χ4n) is 2.03. The molecule has 2 rings (SSSR count). The zero-order chi connectivity index (χ0) is 15.2. The largest absolute Gasteiger partial charge is 0.493 e. The first kappa shape index (κ1) is 16.2. The molecule has 0 radical (unpaired) electrons. The maximum Gasteiger partial charge on any atom is 0.242 e. The van der Waals surface area contributed by atoms with E-state index in [2.05, 4.69) is 24.5 Å². The summed E-state index contributed by atoms with van der Waals surface area (Å²) in [6.07, 6.45) is 1.03. The van der Waals surface area contributed by atoms with Crippen molar-refractivity contribution in [3.8, 4) is 5.75 Å². The summed E-state index contributed by atoms with van der Waals surface area (Å²) in [5, 5.41) is 6.12. The van der Waals surface area contributed by atoms with Crippen LogP contribution in [0.4, 0.5) is 5.69 Å². The van der Waals surface area contributed by atoms with Crippen molar-refractivity contribution < 1.29 is 9.53 Å². The first-order valence-electron chi connectivity index (χ1n) is 7.41. The normalized spacial score (nSPS) is 18.0. The molecule has 0 spiro atoms. The number of anilines is 1. The minimum atomic E-state index is -0.0957. The smallest absolute Gasteiger partial charge is 0.242 e. The van der Waals surface area contributed by atoms with E-state index in [9.17, 15) is 4.79 Å². The van der Waals surface area contributed by atoms with E-state index >= 15 is 0 Å². The van der Waals surface area contributed by atoms with Gasteiger partial charge in [-0.2, -0.15) is 0 Å². The zero-order valence-corrected chi connectivity index (χ0v) is 13.8.